The van der Waals surface area contributed by atoms with E-state index in [1.807, 2.05) is 30.6 Å². The third-order valence-corrected chi connectivity index (χ3v) is 13.0. The average molecular weight is 1010 g/mol. The van der Waals surface area contributed by atoms with Crippen LogP contribution in [0.15, 0.2) is 207 Å². The Bertz CT molecular complexity index is 3530. The smallest absolute Gasteiger partial charge is 0.256 e. The number of fused-ring (bicyclic) bond motifs is 4. The number of ether oxygens (including phenoxy) is 1. The molecule has 0 radical (unpaired) electrons. The molecule has 11 rings (SSSR count). The number of nitrogens with zero attached hydrogens (tertiary/aromatic N) is 5. The number of para-hydroxylation sites is 4. The zero-order valence-corrected chi connectivity index (χ0v) is 37.9. The molecule has 0 fully saturated rings. The molecule has 11 aromatic rings. The Balaban J connectivity index is 1.03. The first-order valence-electron chi connectivity index (χ1n) is 21.5. The summed E-state index contributed by atoms with van der Waals surface area (Å²) in [6.07, 6.45) is 3.81. The molecule has 312 valence electrons. The standard InChI is InChI=1S/C57H43N5O.Pt/c1-57(2,3)49-36-55(59-37-48(49)50-27-14-15-33-58-50)62-51-28-11-10-24-46(51)47-32-31-43(35-54(47)62)63-42-23-16-22-41(34-42)60-38-61(53-30-13-12-29-52(53)60)56-44(39-18-6-4-7-19-39)25-17-26-45(56)40-20-8-5-9-21-40;/h4-37H,1-3H3;. The zero-order valence-electron chi connectivity index (χ0n) is 35.6. The summed E-state index contributed by atoms with van der Waals surface area (Å²) in [7, 11) is 0. The number of hydrogen-bond acceptors (Lipinski definition) is 3. The first kappa shape index (κ1) is 39.4. The molecular formula is C57H43N5OPt. The molecule has 4 heterocycles. The molecule has 0 aliphatic rings. The topological polar surface area (TPSA) is 49.8 Å². The maximum atomic E-state index is 6.82. The second-order valence-corrected chi connectivity index (χ2v) is 18.0. The Morgan fingerprint density at radius 3 is 1.77 bits per heavy atom. The van der Waals surface area contributed by atoms with Gasteiger partial charge >= 0.3 is 294 Å². The van der Waals surface area contributed by atoms with Crippen molar-refractivity contribution in [2.24, 2.45) is 0 Å². The van der Waals surface area contributed by atoms with Gasteiger partial charge in [-0.1, -0.05) is 39.0 Å². The van der Waals surface area contributed by atoms with Gasteiger partial charge in [0.05, 0.1) is 5.69 Å². The molecule has 0 bridgehead atoms. The Morgan fingerprint density at radius 1 is 0.469 bits per heavy atom. The maximum absolute atomic E-state index is 6.82. The van der Waals surface area contributed by atoms with Crippen LogP contribution in [0.2, 0.25) is 0 Å². The van der Waals surface area contributed by atoms with E-state index in [1.165, 1.54) is 5.56 Å². The Hall–Kier alpha value is -7.40. The zero-order chi connectivity index (χ0) is 43.4. The van der Waals surface area contributed by atoms with E-state index in [4.69, 9.17) is 14.7 Å². The van der Waals surface area contributed by atoms with Gasteiger partial charge in [0, 0.05) is 18.0 Å². The van der Waals surface area contributed by atoms with Crippen LogP contribution in [0.3, 0.4) is 0 Å². The fraction of sp³-hybridized carbons (Fsp3) is 0.0702. The third kappa shape index (κ3) is 6.92. The first-order chi connectivity index (χ1) is 31.3. The molecule has 0 unspecified atom stereocenters. The summed E-state index contributed by atoms with van der Waals surface area (Å²) in [5.41, 5.74) is 14.0. The predicted octanol–water partition coefficient (Wildman–Crippen LogP) is 14.5. The van der Waals surface area contributed by atoms with E-state index in [0.717, 1.165) is 98.8 Å². The van der Waals surface area contributed by atoms with Crippen LogP contribution >= 0.6 is 0 Å². The van der Waals surface area contributed by atoms with Crippen molar-refractivity contribution in [1.29, 1.82) is 0 Å². The Kier molecular flexibility index (Phi) is 9.90. The van der Waals surface area contributed by atoms with Crippen molar-refractivity contribution < 1.29 is 24.1 Å². The summed E-state index contributed by atoms with van der Waals surface area (Å²) in [6.45, 7) is 6.73. The summed E-state index contributed by atoms with van der Waals surface area (Å²) < 4.78 is 14.9. The molecule has 6 nitrogen and oxygen atoms in total. The van der Waals surface area contributed by atoms with Gasteiger partial charge in [-0.15, -0.1) is 0 Å². The van der Waals surface area contributed by atoms with Crippen molar-refractivity contribution in [2.45, 2.75) is 26.2 Å². The molecule has 0 N–H and O–H groups in total. The second-order valence-electron chi connectivity index (χ2n) is 17.0. The molecule has 0 amide bonds. The van der Waals surface area contributed by atoms with Gasteiger partial charge in [-0.3, -0.25) is 4.98 Å². The van der Waals surface area contributed by atoms with Crippen molar-refractivity contribution in [3.8, 4) is 62.2 Å². The van der Waals surface area contributed by atoms with Gasteiger partial charge < -0.3 is 0 Å². The molecule has 7 heteroatoms. The van der Waals surface area contributed by atoms with E-state index in [1.54, 1.807) is 0 Å². The van der Waals surface area contributed by atoms with Crippen molar-refractivity contribution in [2.75, 3.05) is 0 Å². The summed E-state index contributed by atoms with van der Waals surface area (Å²) in [4.78, 5) is 9.80. The first-order valence-corrected chi connectivity index (χ1v) is 22.6. The van der Waals surface area contributed by atoms with E-state index in [0.29, 0.717) is 0 Å². The van der Waals surface area contributed by atoms with Crippen LogP contribution in [0.25, 0.3) is 83.5 Å². The van der Waals surface area contributed by atoms with E-state index < -0.39 is 0 Å². The summed E-state index contributed by atoms with van der Waals surface area (Å²) in [5, 5.41) is 2.29. The minimum Gasteiger partial charge on any atom is -0.256 e. The normalized spacial score (nSPS) is 11.8. The Morgan fingerprint density at radius 2 is 1.08 bits per heavy atom. The van der Waals surface area contributed by atoms with E-state index in [9.17, 15) is 0 Å². The molecule has 0 saturated heterocycles. The van der Waals surface area contributed by atoms with E-state index in [2.05, 4.69) is 230 Å². The molecule has 4 aromatic heterocycles. The summed E-state index contributed by atoms with van der Waals surface area (Å²) in [5.74, 6) is 2.32. The van der Waals surface area contributed by atoms with Crippen molar-refractivity contribution in [3.63, 3.8) is 0 Å². The van der Waals surface area contributed by atoms with Crippen LogP contribution in [0.1, 0.15) is 26.3 Å². The number of imidazole rings is 1. The average Bonchev–Trinajstić information content (AvgIpc) is 3.82. The minimum absolute atomic E-state index is 0.153. The van der Waals surface area contributed by atoms with Crippen LogP contribution in [0.4, 0.5) is 0 Å². The van der Waals surface area contributed by atoms with Crippen LogP contribution in [0, 0.1) is 3.80 Å². The number of pyridine rings is 2. The number of benzene rings is 7. The molecule has 7 aromatic carbocycles. The minimum atomic E-state index is -0.153. The molecule has 0 atom stereocenters. The van der Waals surface area contributed by atoms with E-state index in [-0.39, 0.29) is 5.41 Å². The van der Waals surface area contributed by atoms with E-state index >= 15 is 0 Å². The third-order valence-electron chi connectivity index (χ3n) is 12.0. The van der Waals surface area contributed by atoms with Gasteiger partial charge in [0.15, 0.2) is 0 Å². The second kappa shape index (κ2) is 16.1. The molecule has 0 saturated carbocycles. The molecule has 0 aliphatic carbocycles. The van der Waals surface area contributed by atoms with Gasteiger partial charge in [0.25, 0.3) is 0 Å². The molecule has 0 spiro atoms. The van der Waals surface area contributed by atoms with Crippen LogP contribution in [-0.2, 0) is 24.8 Å². The van der Waals surface area contributed by atoms with Gasteiger partial charge in [0.1, 0.15) is 0 Å². The van der Waals surface area contributed by atoms with Crippen LogP contribution < -0.4 is 4.74 Å². The Labute approximate surface area is 382 Å². The molecule has 0 aliphatic heterocycles. The number of rotatable bonds is 8. The predicted molar refractivity (Wildman–Crippen MR) is 257 cm³/mol. The monoisotopic (exact) mass is 1010 g/mol. The fourth-order valence-electron chi connectivity index (χ4n) is 9.05. The van der Waals surface area contributed by atoms with Crippen molar-refractivity contribution in [1.82, 2.24) is 23.7 Å². The number of hydrogen-bond donors (Lipinski definition) is 0. The SMILES string of the molecule is CC(C)(C)c1cc(-n2c3ccccc3c3ccc(Oc4cccc(-n5[c](=[Pt])n(-c6c(-c7ccccc7)cccc6-c6ccccc6)c6ccccc65)c4)cc32)ncc1-c1ccccn1. The van der Waals surface area contributed by atoms with Crippen molar-refractivity contribution >= 4 is 32.8 Å². The fourth-order valence-corrected chi connectivity index (χ4v) is 10.1. The van der Waals surface area contributed by atoms with Crippen LogP contribution in [0.5, 0.6) is 11.5 Å². The van der Waals surface area contributed by atoms with Gasteiger partial charge in [-0.25, -0.2) is 0 Å². The molecular weight excluding hydrogens is 966 g/mol. The van der Waals surface area contributed by atoms with Gasteiger partial charge in [0.2, 0.25) is 0 Å². The van der Waals surface area contributed by atoms with Gasteiger partial charge in [-0.2, -0.15) is 0 Å². The summed E-state index contributed by atoms with van der Waals surface area (Å²) >= 11 is 2.50. The van der Waals surface area contributed by atoms with Crippen LogP contribution in [-0.4, -0.2) is 23.7 Å². The van der Waals surface area contributed by atoms with Gasteiger partial charge in [-0.05, 0) is 23.1 Å². The number of aromatic nitrogens is 5. The quantitative estimate of drug-likeness (QED) is 0.152. The van der Waals surface area contributed by atoms with Crippen molar-refractivity contribution in [3.05, 3.63) is 216 Å². The summed E-state index contributed by atoms with van der Waals surface area (Å²) in [6, 6.07) is 68.2. The molecule has 64 heavy (non-hydrogen) atoms.